The number of carbonyl (C=O) groups is 2. The number of esters is 1. The Hall–Kier alpha value is -1.10. The molecule has 1 fully saturated rings. The lowest BCUT2D eigenvalue weighted by Crippen LogP contribution is -2.38. The number of methoxy groups -OCH3 is 2. The molecule has 1 amide bonds. The van der Waals surface area contributed by atoms with Crippen molar-refractivity contribution in [3.05, 3.63) is 0 Å². The summed E-state index contributed by atoms with van der Waals surface area (Å²) in [4.78, 5) is 25.7. The molecule has 2 atom stereocenters. The van der Waals surface area contributed by atoms with Crippen molar-refractivity contribution in [3.63, 3.8) is 0 Å². The molecule has 1 rings (SSSR count). The molecule has 1 saturated carbocycles. The standard InChI is InChI=1S/C18H33NO4/c1-14-10-15(13-18(2,3)12-14)11-16(20)19(8-9-22-4)7-6-17(21)23-5/h14-15H,6-13H2,1-5H3. The van der Waals surface area contributed by atoms with Crippen LogP contribution in [0.5, 0.6) is 0 Å². The second kappa shape index (κ2) is 9.26. The van der Waals surface area contributed by atoms with Crippen LogP contribution in [-0.4, -0.2) is 50.7 Å². The van der Waals surface area contributed by atoms with Crippen LogP contribution < -0.4 is 0 Å². The van der Waals surface area contributed by atoms with E-state index in [9.17, 15) is 9.59 Å². The van der Waals surface area contributed by atoms with Gasteiger partial charge in [0, 0.05) is 26.6 Å². The average Bonchev–Trinajstić information content (AvgIpc) is 2.44. The molecule has 0 aromatic heterocycles. The topological polar surface area (TPSA) is 55.8 Å². The highest BCUT2D eigenvalue weighted by molar-refractivity contribution is 5.77. The second-order valence-electron chi connectivity index (χ2n) is 7.68. The lowest BCUT2D eigenvalue weighted by Gasteiger charge is -2.39. The van der Waals surface area contributed by atoms with E-state index >= 15 is 0 Å². The highest BCUT2D eigenvalue weighted by Crippen LogP contribution is 2.42. The van der Waals surface area contributed by atoms with Crippen LogP contribution in [0, 0.1) is 17.3 Å². The van der Waals surface area contributed by atoms with Gasteiger partial charge < -0.3 is 14.4 Å². The Labute approximate surface area is 140 Å². The third-order valence-electron chi connectivity index (χ3n) is 4.67. The van der Waals surface area contributed by atoms with Crippen LogP contribution in [0.3, 0.4) is 0 Å². The molecule has 1 aliphatic rings. The Morgan fingerprint density at radius 1 is 1.17 bits per heavy atom. The number of ether oxygens (including phenoxy) is 2. The molecule has 1 aliphatic carbocycles. The molecule has 0 radical (unpaired) electrons. The molecule has 5 heteroatoms. The largest absolute Gasteiger partial charge is 0.469 e. The minimum absolute atomic E-state index is 0.126. The SMILES string of the molecule is COCCN(CCC(=O)OC)C(=O)CC1CC(C)CC(C)(C)C1. The molecule has 134 valence electrons. The van der Waals surface area contributed by atoms with Crippen molar-refractivity contribution in [1.29, 1.82) is 0 Å². The monoisotopic (exact) mass is 327 g/mol. The predicted octanol–water partition coefficient (Wildman–Crippen LogP) is 2.88. The minimum Gasteiger partial charge on any atom is -0.469 e. The summed E-state index contributed by atoms with van der Waals surface area (Å²) in [7, 11) is 2.99. The zero-order chi connectivity index (χ0) is 17.5. The zero-order valence-electron chi connectivity index (χ0n) is 15.4. The van der Waals surface area contributed by atoms with Crippen molar-refractivity contribution in [2.75, 3.05) is 33.9 Å². The van der Waals surface area contributed by atoms with Crippen LogP contribution in [0.25, 0.3) is 0 Å². The van der Waals surface area contributed by atoms with Crippen LogP contribution in [0.1, 0.15) is 52.9 Å². The highest BCUT2D eigenvalue weighted by atomic mass is 16.5. The summed E-state index contributed by atoms with van der Waals surface area (Å²) < 4.78 is 9.75. The van der Waals surface area contributed by atoms with Gasteiger partial charge in [-0.2, -0.15) is 0 Å². The number of nitrogens with zero attached hydrogens (tertiary/aromatic N) is 1. The van der Waals surface area contributed by atoms with Gasteiger partial charge in [-0.05, 0) is 36.5 Å². The summed E-state index contributed by atoms with van der Waals surface area (Å²) in [6.07, 6.45) is 4.24. The van der Waals surface area contributed by atoms with E-state index in [4.69, 9.17) is 4.74 Å². The summed E-state index contributed by atoms with van der Waals surface area (Å²) in [6.45, 7) is 8.27. The van der Waals surface area contributed by atoms with E-state index in [1.165, 1.54) is 13.5 Å². The van der Waals surface area contributed by atoms with Crippen LogP contribution in [0.2, 0.25) is 0 Å². The maximum atomic E-state index is 12.7. The fraction of sp³-hybridized carbons (Fsp3) is 0.889. The molecular weight excluding hydrogens is 294 g/mol. The molecule has 0 spiro atoms. The van der Waals surface area contributed by atoms with Crippen molar-refractivity contribution < 1.29 is 19.1 Å². The lowest BCUT2D eigenvalue weighted by atomic mass is 9.67. The summed E-state index contributed by atoms with van der Waals surface area (Å²) >= 11 is 0. The van der Waals surface area contributed by atoms with E-state index in [0.29, 0.717) is 43.4 Å². The molecular formula is C18H33NO4. The maximum Gasteiger partial charge on any atom is 0.307 e. The first-order valence-corrected chi connectivity index (χ1v) is 8.61. The molecule has 0 aliphatic heterocycles. The fourth-order valence-corrected chi connectivity index (χ4v) is 3.97. The molecule has 2 unspecified atom stereocenters. The molecule has 0 heterocycles. The van der Waals surface area contributed by atoms with Gasteiger partial charge in [0.15, 0.2) is 0 Å². The first-order chi connectivity index (χ1) is 10.8. The zero-order valence-corrected chi connectivity index (χ0v) is 15.4. The number of amides is 1. The van der Waals surface area contributed by atoms with Gasteiger partial charge >= 0.3 is 5.97 Å². The summed E-state index contributed by atoms with van der Waals surface area (Å²) in [5.41, 5.74) is 0.311. The van der Waals surface area contributed by atoms with Gasteiger partial charge in [0.2, 0.25) is 5.91 Å². The summed E-state index contributed by atoms with van der Waals surface area (Å²) in [5, 5.41) is 0. The Bertz CT molecular complexity index is 394. The molecule has 5 nitrogen and oxygen atoms in total. The van der Waals surface area contributed by atoms with Gasteiger partial charge in [-0.3, -0.25) is 9.59 Å². The molecule has 0 bridgehead atoms. The summed E-state index contributed by atoms with van der Waals surface area (Å²) in [6, 6.07) is 0. The van der Waals surface area contributed by atoms with Crippen molar-refractivity contribution in [1.82, 2.24) is 4.90 Å². The number of rotatable bonds is 8. The van der Waals surface area contributed by atoms with E-state index in [1.54, 1.807) is 12.0 Å². The highest BCUT2D eigenvalue weighted by Gasteiger charge is 2.33. The number of carbonyl (C=O) groups excluding carboxylic acids is 2. The maximum absolute atomic E-state index is 12.7. The van der Waals surface area contributed by atoms with E-state index in [0.717, 1.165) is 12.8 Å². The number of hydrogen-bond acceptors (Lipinski definition) is 4. The van der Waals surface area contributed by atoms with Crippen molar-refractivity contribution >= 4 is 11.9 Å². The summed E-state index contributed by atoms with van der Waals surface area (Å²) in [5.74, 6) is 0.942. The lowest BCUT2D eigenvalue weighted by molar-refractivity contribution is -0.142. The number of hydrogen-bond donors (Lipinski definition) is 0. The van der Waals surface area contributed by atoms with Crippen LogP contribution in [0.4, 0.5) is 0 Å². The smallest absolute Gasteiger partial charge is 0.307 e. The van der Waals surface area contributed by atoms with E-state index in [2.05, 4.69) is 25.5 Å². The van der Waals surface area contributed by atoms with Crippen LogP contribution >= 0.6 is 0 Å². The van der Waals surface area contributed by atoms with E-state index < -0.39 is 0 Å². The molecule has 23 heavy (non-hydrogen) atoms. The van der Waals surface area contributed by atoms with E-state index in [-0.39, 0.29) is 18.3 Å². The van der Waals surface area contributed by atoms with Crippen molar-refractivity contribution in [2.24, 2.45) is 17.3 Å². The van der Waals surface area contributed by atoms with Crippen LogP contribution in [0.15, 0.2) is 0 Å². The Morgan fingerprint density at radius 2 is 1.87 bits per heavy atom. The first-order valence-electron chi connectivity index (χ1n) is 8.61. The van der Waals surface area contributed by atoms with Gasteiger partial charge in [-0.15, -0.1) is 0 Å². The third-order valence-corrected chi connectivity index (χ3v) is 4.67. The predicted molar refractivity (Wildman–Crippen MR) is 90.0 cm³/mol. The minimum atomic E-state index is -0.285. The normalized spacial score (nSPS) is 23.3. The second-order valence-corrected chi connectivity index (χ2v) is 7.68. The quantitative estimate of drug-likeness (QED) is 0.643. The van der Waals surface area contributed by atoms with Crippen molar-refractivity contribution in [2.45, 2.75) is 52.9 Å². The molecule has 0 saturated heterocycles. The van der Waals surface area contributed by atoms with Gasteiger partial charge in [-0.1, -0.05) is 20.8 Å². The first kappa shape index (κ1) is 19.9. The van der Waals surface area contributed by atoms with Gasteiger partial charge in [-0.25, -0.2) is 0 Å². The van der Waals surface area contributed by atoms with Gasteiger partial charge in [0.1, 0.15) is 0 Å². The Kier molecular flexibility index (Phi) is 8.03. The van der Waals surface area contributed by atoms with E-state index in [1.807, 2.05) is 0 Å². The average molecular weight is 327 g/mol. The van der Waals surface area contributed by atoms with Crippen LogP contribution in [-0.2, 0) is 19.1 Å². The third kappa shape index (κ3) is 7.34. The van der Waals surface area contributed by atoms with Gasteiger partial charge in [0.05, 0.1) is 20.1 Å². The Morgan fingerprint density at radius 3 is 2.43 bits per heavy atom. The van der Waals surface area contributed by atoms with Gasteiger partial charge in [0.25, 0.3) is 0 Å². The Balaban J connectivity index is 2.59. The fourth-order valence-electron chi connectivity index (χ4n) is 3.97. The van der Waals surface area contributed by atoms with Crippen molar-refractivity contribution in [3.8, 4) is 0 Å². The molecule has 0 aromatic rings. The molecule has 0 aromatic carbocycles. The molecule has 0 N–H and O–H groups in total.